The Morgan fingerprint density at radius 2 is 2.12 bits per heavy atom. The van der Waals surface area contributed by atoms with E-state index in [2.05, 4.69) is 43.4 Å². The number of anilines is 1. The Morgan fingerprint density at radius 1 is 1.23 bits per heavy atom. The van der Waals surface area contributed by atoms with Crippen LogP contribution in [0.2, 0.25) is 0 Å². The van der Waals surface area contributed by atoms with Gasteiger partial charge in [0, 0.05) is 21.5 Å². The molecule has 0 saturated heterocycles. The molecule has 0 aliphatic carbocycles. The van der Waals surface area contributed by atoms with E-state index in [-0.39, 0.29) is 0 Å². The summed E-state index contributed by atoms with van der Waals surface area (Å²) in [7, 11) is 0. The van der Waals surface area contributed by atoms with Crippen LogP contribution >= 0.6 is 27.7 Å². The number of nitrogens with zero attached hydrogens (tertiary/aromatic N) is 3. The SMILES string of the molecule is CCCSc1nnc2c(n1)O[C@@H](c1ccc(C)o1)Nc1ccc(Br)cc1-2. The van der Waals surface area contributed by atoms with Crippen molar-refractivity contribution >= 4 is 33.4 Å². The van der Waals surface area contributed by atoms with Crippen molar-refractivity contribution < 1.29 is 9.15 Å². The third kappa shape index (κ3) is 3.43. The second-order valence-corrected chi connectivity index (χ2v) is 7.85. The summed E-state index contributed by atoms with van der Waals surface area (Å²) in [6, 6.07) is 9.73. The quantitative estimate of drug-likeness (QED) is 0.567. The van der Waals surface area contributed by atoms with Gasteiger partial charge in [0.25, 0.3) is 0 Å². The third-order valence-electron chi connectivity index (χ3n) is 3.84. The fourth-order valence-electron chi connectivity index (χ4n) is 2.65. The number of benzene rings is 1. The molecule has 0 amide bonds. The van der Waals surface area contributed by atoms with Crippen LogP contribution in [0.4, 0.5) is 5.69 Å². The van der Waals surface area contributed by atoms with Crippen LogP contribution in [0.15, 0.2) is 44.4 Å². The van der Waals surface area contributed by atoms with Crippen molar-refractivity contribution in [3.8, 4) is 17.1 Å². The van der Waals surface area contributed by atoms with Gasteiger partial charge < -0.3 is 14.5 Å². The molecule has 26 heavy (non-hydrogen) atoms. The maximum Gasteiger partial charge on any atom is 0.247 e. The number of hydrogen-bond acceptors (Lipinski definition) is 7. The van der Waals surface area contributed by atoms with Gasteiger partial charge >= 0.3 is 0 Å². The van der Waals surface area contributed by atoms with Crippen LogP contribution in [-0.2, 0) is 0 Å². The number of thioether (sulfide) groups is 1. The first kappa shape index (κ1) is 17.4. The van der Waals surface area contributed by atoms with E-state index < -0.39 is 6.23 Å². The van der Waals surface area contributed by atoms with Gasteiger partial charge in [0.15, 0.2) is 11.5 Å². The lowest BCUT2D eigenvalue weighted by molar-refractivity contribution is 0.194. The Hall–Kier alpha value is -2.06. The molecule has 3 aromatic rings. The van der Waals surface area contributed by atoms with E-state index >= 15 is 0 Å². The normalized spacial score (nSPS) is 15.4. The van der Waals surface area contributed by atoms with E-state index in [1.165, 1.54) is 0 Å². The minimum atomic E-state index is -0.495. The highest BCUT2D eigenvalue weighted by Crippen LogP contribution is 2.41. The Labute approximate surface area is 163 Å². The van der Waals surface area contributed by atoms with E-state index in [1.54, 1.807) is 11.8 Å². The lowest BCUT2D eigenvalue weighted by Crippen LogP contribution is -2.16. The van der Waals surface area contributed by atoms with Crippen molar-refractivity contribution in [2.45, 2.75) is 31.7 Å². The average molecular weight is 433 g/mol. The number of hydrogen-bond donors (Lipinski definition) is 1. The van der Waals surface area contributed by atoms with Crippen molar-refractivity contribution in [3.05, 3.63) is 46.3 Å². The molecule has 0 unspecified atom stereocenters. The predicted octanol–water partition coefficient (Wildman–Crippen LogP) is 5.21. The summed E-state index contributed by atoms with van der Waals surface area (Å²) >= 11 is 5.09. The number of furan rings is 1. The van der Waals surface area contributed by atoms with Crippen LogP contribution < -0.4 is 10.1 Å². The van der Waals surface area contributed by atoms with Crippen LogP contribution in [-0.4, -0.2) is 20.9 Å². The summed E-state index contributed by atoms with van der Waals surface area (Å²) in [5.74, 6) is 2.89. The number of nitrogens with one attached hydrogen (secondary N) is 1. The first-order valence-electron chi connectivity index (χ1n) is 8.31. The van der Waals surface area contributed by atoms with Crippen molar-refractivity contribution in [3.63, 3.8) is 0 Å². The summed E-state index contributed by atoms with van der Waals surface area (Å²) in [6.45, 7) is 4.02. The van der Waals surface area contributed by atoms with Crippen LogP contribution in [0, 0.1) is 6.92 Å². The summed E-state index contributed by atoms with van der Waals surface area (Å²) in [6.07, 6.45) is 0.544. The Morgan fingerprint density at radius 3 is 2.88 bits per heavy atom. The van der Waals surface area contributed by atoms with Gasteiger partial charge in [-0.15, -0.1) is 10.2 Å². The molecule has 1 N–H and O–H groups in total. The molecular weight excluding hydrogens is 416 g/mol. The standard InChI is InChI=1S/C18H17BrN4O2S/c1-3-8-26-18-21-17-15(22-23-18)12-9-11(19)5-6-13(12)20-16(25-17)14-7-4-10(2)24-14/h4-7,9,16,20H,3,8H2,1-2H3/t16-/m0/s1. The maximum atomic E-state index is 6.15. The molecule has 4 rings (SSSR count). The summed E-state index contributed by atoms with van der Waals surface area (Å²) < 4.78 is 12.9. The highest BCUT2D eigenvalue weighted by Gasteiger charge is 2.28. The molecule has 0 radical (unpaired) electrons. The molecule has 6 nitrogen and oxygen atoms in total. The van der Waals surface area contributed by atoms with Crippen molar-refractivity contribution in [2.24, 2.45) is 0 Å². The van der Waals surface area contributed by atoms with Gasteiger partial charge in [-0.25, -0.2) is 0 Å². The largest absolute Gasteiger partial charge is 0.460 e. The zero-order valence-electron chi connectivity index (χ0n) is 14.3. The van der Waals surface area contributed by atoms with Gasteiger partial charge in [-0.1, -0.05) is 34.6 Å². The second-order valence-electron chi connectivity index (χ2n) is 5.88. The van der Waals surface area contributed by atoms with Gasteiger partial charge in [0.05, 0.1) is 0 Å². The zero-order valence-corrected chi connectivity index (χ0v) is 16.7. The predicted molar refractivity (Wildman–Crippen MR) is 104 cm³/mol. The molecule has 3 heterocycles. The van der Waals surface area contributed by atoms with E-state index in [9.17, 15) is 0 Å². The minimum absolute atomic E-state index is 0.446. The molecule has 0 fully saturated rings. The number of aryl methyl sites for hydroxylation is 1. The number of fused-ring (bicyclic) bond motifs is 3. The molecule has 8 heteroatoms. The summed E-state index contributed by atoms with van der Waals surface area (Å²) in [5, 5.41) is 12.6. The molecule has 134 valence electrons. The Kier molecular flexibility index (Phi) is 4.86. The monoisotopic (exact) mass is 432 g/mol. The van der Waals surface area contributed by atoms with Gasteiger partial charge in [-0.2, -0.15) is 4.98 Å². The Balaban J connectivity index is 1.81. The number of halogens is 1. The lowest BCUT2D eigenvalue weighted by atomic mass is 10.1. The van der Waals surface area contributed by atoms with Crippen molar-refractivity contribution in [1.29, 1.82) is 0 Å². The third-order valence-corrected chi connectivity index (χ3v) is 5.38. The smallest absolute Gasteiger partial charge is 0.247 e. The van der Waals surface area contributed by atoms with Crippen LogP contribution in [0.3, 0.4) is 0 Å². The van der Waals surface area contributed by atoms with E-state index in [0.717, 1.165) is 33.7 Å². The van der Waals surface area contributed by atoms with Gasteiger partial charge in [-0.3, -0.25) is 0 Å². The van der Waals surface area contributed by atoms with Crippen molar-refractivity contribution in [2.75, 3.05) is 11.1 Å². The average Bonchev–Trinajstić information content (AvgIpc) is 3.00. The summed E-state index contributed by atoms with van der Waals surface area (Å²) in [4.78, 5) is 4.59. The van der Waals surface area contributed by atoms with E-state index in [4.69, 9.17) is 9.15 Å². The molecule has 2 aromatic heterocycles. The van der Waals surface area contributed by atoms with Crippen LogP contribution in [0.1, 0.15) is 31.1 Å². The van der Waals surface area contributed by atoms with Gasteiger partial charge in [-0.05, 0) is 43.7 Å². The van der Waals surface area contributed by atoms with Gasteiger partial charge in [0.1, 0.15) is 5.76 Å². The molecule has 0 saturated carbocycles. The molecule has 1 atom stereocenters. The summed E-state index contributed by atoms with van der Waals surface area (Å²) in [5.41, 5.74) is 2.38. The Bertz CT molecular complexity index is 947. The second kappa shape index (κ2) is 7.28. The molecule has 1 aliphatic heterocycles. The van der Waals surface area contributed by atoms with Crippen LogP contribution in [0.25, 0.3) is 11.3 Å². The number of ether oxygens (including phenoxy) is 1. The van der Waals surface area contributed by atoms with E-state index in [0.29, 0.717) is 22.5 Å². The zero-order chi connectivity index (χ0) is 18.1. The minimum Gasteiger partial charge on any atom is -0.460 e. The number of rotatable bonds is 4. The topological polar surface area (TPSA) is 73.1 Å². The first-order valence-corrected chi connectivity index (χ1v) is 10.1. The van der Waals surface area contributed by atoms with Crippen molar-refractivity contribution in [1.82, 2.24) is 15.2 Å². The fourth-order valence-corrected chi connectivity index (χ4v) is 3.64. The van der Waals surface area contributed by atoms with E-state index in [1.807, 2.05) is 37.3 Å². The first-order chi connectivity index (χ1) is 12.6. The molecule has 1 aromatic carbocycles. The maximum absolute atomic E-state index is 6.15. The molecule has 0 bridgehead atoms. The van der Waals surface area contributed by atoms with Crippen LogP contribution in [0.5, 0.6) is 5.88 Å². The highest BCUT2D eigenvalue weighted by molar-refractivity contribution is 9.10. The highest BCUT2D eigenvalue weighted by atomic mass is 79.9. The molecular formula is C18H17BrN4O2S. The molecule has 0 spiro atoms. The molecule has 1 aliphatic rings. The van der Waals surface area contributed by atoms with Gasteiger partial charge in [0.2, 0.25) is 17.3 Å². The lowest BCUT2D eigenvalue weighted by Gasteiger charge is -2.16. The fraction of sp³-hybridized carbons (Fsp3) is 0.278. The number of aromatic nitrogens is 3.